The maximum absolute atomic E-state index is 14.9. The third-order valence-electron chi connectivity index (χ3n) is 18.5. The Hall–Kier alpha value is -1.83. The lowest BCUT2D eigenvalue weighted by Crippen LogP contribution is -2.67. The highest BCUT2D eigenvalue weighted by molar-refractivity contribution is 5.77. The van der Waals surface area contributed by atoms with E-state index in [4.69, 9.17) is 47.4 Å². The Morgan fingerprint density at radius 2 is 0.948 bits per heavy atom. The van der Waals surface area contributed by atoms with Crippen LogP contribution in [-0.4, -0.2) is 285 Å². The predicted octanol–water partition coefficient (Wildman–Crippen LogP) is -7.82. The van der Waals surface area contributed by atoms with Crippen LogP contribution in [0, 0.1) is 34.5 Å². The van der Waals surface area contributed by atoms with E-state index in [1.54, 1.807) is 6.92 Å². The van der Waals surface area contributed by atoms with Gasteiger partial charge in [-0.05, 0) is 75.0 Å². The second-order valence-electron chi connectivity index (χ2n) is 22.9. The Bertz CT molecular complexity index is 2000. The van der Waals surface area contributed by atoms with Crippen LogP contribution in [0.25, 0.3) is 0 Å². The number of fused-ring (bicyclic) bond motifs is 3. The van der Waals surface area contributed by atoms with Gasteiger partial charge in [0.1, 0.15) is 116 Å². The van der Waals surface area contributed by atoms with Gasteiger partial charge in [0.25, 0.3) is 0 Å². The molecule has 0 aromatic rings. The monoisotopic (exact) mass is 1110 g/mol. The van der Waals surface area contributed by atoms with Gasteiger partial charge in [-0.2, -0.15) is 0 Å². The molecule has 5 saturated heterocycles. The Kier molecular flexibility index (Phi) is 18.5. The van der Waals surface area contributed by atoms with E-state index >= 15 is 0 Å². The highest BCUT2D eigenvalue weighted by Crippen LogP contribution is 2.68. The number of rotatable bonds is 15. The van der Waals surface area contributed by atoms with E-state index in [0.717, 1.165) is 5.57 Å². The van der Waals surface area contributed by atoms with Crippen molar-refractivity contribution in [3.05, 3.63) is 12.2 Å². The summed E-state index contributed by atoms with van der Waals surface area (Å²) in [5, 5.41) is 181. The third-order valence-corrected chi connectivity index (χ3v) is 18.5. The van der Waals surface area contributed by atoms with E-state index in [1.807, 2.05) is 0 Å². The molecule has 1 spiro atoms. The summed E-state index contributed by atoms with van der Waals surface area (Å²) < 4.78 is 60.0. The summed E-state index contributed by atoms with van der Waals surface area (Å²) in [6.07, 6.45) is -40.8. The van der Waals surface area contributed by atoms with E-state index < -0.39 is 204 Å². The molecule has 442 valence electrons. The van der Waals surface area contributed by atoms with Gasteiger partial charge in [0.2, 0.25) is 6.29 Å². The number of aliphatic hydroxyl groups is 17. The zero-order valence-electron chi connectivity index (χ0n) is 42.3. The quantitative estimate of drug-likeness (QED) is 0.0411. The molecule has 77 heavy (non-hydrogen) atoms. The average Bonchev–Trinajstić information content (AvgIpc) is 3.79. The minimum atomic E-state index is -2.00. The van der Waals surface area contributed by atoms with Gasteiger partial charge >= 0.3 is 5.97 Å². The molecule has 1 unspecified atom stereocenters. The largest absolute Gasteiger partial charge is 0.432 e. The molecule has 4 aliphatic carbocycles. The molecular weight excluding hydrogens is 1040 g/mol. The van der Waals surface area contributed by atoms with Gasteiger partial charge in [0.15, 0.2) is 31.3 Å². The van der Waals surface area contributed by atoms with Crippen molar-refractivity contribution >= 4 is 5.97 Å². The molecule has 32 atom stereocenters. The molecule has 28 nitrogen and oxygen atoms in total. The third kappa shape index (κ3) is 10.8. The fourth-order valence-corrected chi connectivity index (χ4v) is 14.2. The second-order valence-corrected chi connectivity index (χ2v) is 22.9. The lowest BCUT2D eigenvalue weighted by Gasteiger charge is -2.59. The molecule has 5 aliphatic heterocycles. The summed E-state index contributed by atoms with van der Waals surface area (Å²) in [7, 11) is 0. The molecule has 9 aliphatic rings. The van der Waals surface area contributed by atoms with E-state index in [1.165, 1.54) is 0 Å². The van der Waals surface area contributed by atoms with E-state index in [0.29, 0.717) is 51.4 Å². The maximum atomic E-state index is 14.9. The standard InChI is InChI=1S/C49H78O28/c1-16-9-49-7-5-19-17(4-3-6-48(19,2)47(67)77-45-40(35(63)30(58)25(14-53)72-45)75-43-37(65)33(61)28(56)23(12-51)70-43)20(49)8-21(18(16)10-49)68-46-41(76-44-38(66)34(62)29(57)24(13-52)71-44)39(31(59)26(15-54)73-46)74-42-36(64)32(60)27(55)22(11-50)69-42/h17-46,50-66H,1,3-15H2,2H3/t17?,18-,19+,20+,21+,22-,23-,24-,25-,26-,27-,28-,29-,30-,31-,32+,33+,34+,35+,36-,37-,38-,39+,40-,41-,42+,43+,44+,45+,46-,48-,49-/m1/s1. The molecular formula is C49H78O28. The number of aliphatic hydroxyl groups excluding tert-OH is 17. The van der Waals surface area contributed by atoms with Crippen molar-refractivity contribution in [2.45, 2.75) is 218 Å². The fourth-order valence-electron chi connectivity index (χ4n) is 14.2. The summed E-state index contributed by atoms with van der Waals surface area (Å²) in [5.74, 6) is -1.75. The number of hydrogen-bond donors (Lipinski definition) is 17. The van der Waals surface area contributed by atoms with Gasteiger partial charge in [0.05, 0.1) is 44.6 Å². The van der Waals surface area contributed by atoms with Crippen LogP contribution in [0.1, 0.15) is 58.3 Å². The number of ether oxygens (including phenoxy) is 10. The molecule has 28 heteroatoms. The van der Waals surface area contributed by atoms with E-state index in [9.17, 15) is 91.6 Å². The van der Waals surface area contributed by atoms with Crippen LogP contribution in [-0.2, 0) is 52.2 Å². The van der Waals surface area contributed by atoms with Gasteiger partial charge < -0.3 is 134 Å². The SMILES string of the molecule is C=C1C[C@@]23CC[C@H]4C(CCC[C@@]4(C)C(=O)O[C@@H]4O[C@H](CO)[C@@H](O)[C@H](O)[C@H]4O[C@@H]4O[C@H](CO)[C@@H](O)[C@H](O)[C@H]4O)[C@@H]2C[C@H](O[C@@H]2O[C@H](CO)[C@@H](O)[C@H](O[C@@H]4O[C@H](CO)[C@@H](O)[C@H](O)[C@H]4O)[C@H]2O[C@@H]2O[C@H](CO)[C@@H](O)[C@H](O)[C@H]2O)[C@@H]1C3. The average molecular weight is 1120 g/mol. The number of carbonyl (C=O) groups is 1. The van der Waals surface area contributed by atoms with Crippen LogP contribution in [0.2, 0.25) is 0 Å². The van der Waals surface area contributed by atoms with Crippen LogP contribution < -0.4 is 0 Å². The van der Waals surface area contributed by atoms with Gasteiger partial charge in [-0.15, -0.1) is 0 Å². The van der Waals surface area contributed by atoms with Crippen molar-refractivity contribution in [1.82, 2.24) is 0 Å². The predicted molar refractivity (Wildman–Crippen MR) is 247 cm³/mol. The molecule has 0 radical (unpaired) electrons. The number of carbonyl (C=O) groups excluding carboxylic acids is 1. The molecule has 0 aromatic heterocycles. The zero-order valence-corrected chi connectivity index (χ0v) is 42.3. The van der Waals surface area contributed by atoms with Gasteiger partial charge in [-0.1, -0.05) is 18.6 Å². The summed E-state index contributed by atoms with van der Waals surface area (Å²) in [6.45, 7) is 2.07. The van der Waals surface area contributed by atoms with Crippen LogP contribution in [0.3, 0.4) is 0 Å². The van der Waals surface area contributed by atoms with Crippen molar-refractivity contribution in [1.29, 1.82) is 0 Å². The van der Waals surface area contributed by atoms with E-state index in [-0.39, 0.29) is 29.1 Å². The fraction of sp³-hybridized carbons (Fsp3) is 0.939. The Balaban J connectivity index is 0.980. The molecule has 5 heterocycles. The molecule has 17 N–H and O–H groups in total. The first kappa shape index (κ1) is 59.8. The first-order chi connectivity index (χ1) is 36.6. The minimum Gasteiger partial charge on any atom is -0.432 e. The van der Waals surface area contributed by atoms with E-state index in [2.05, 4.69) is 6.58 Å². The van der Waals surface area contributed by atoms with Crippen molar-refractivity contribution in [3.63, 3.8) is 0 Å². The zero-order chi connectivity index (χ0) is 55.7. The van der Waals surface area contributed by atoms with Gasteiger partial charge in [-0.25, -0.2) is 0 Å². The lowest BCUT2D eigenvalue weighted by atomic mass is 9.46. The number of esters is 1. The van der Waals surface area contributed by atoms with Crippen LogP contribution in [0.5, 0.6) is 0 Å². The summed E-state index contributed by atoms with van der Waals surface area (Å²) >= 11 is 0. The molecule has 2 bridgehead atoms. The smallest absolute Gasteiger partial charge is 0.314 e. The molecule has 4 saturated carbocycles. The molecule has 9 fully saturated rings. The first-order valence-electron chi connectivity index (χ1n) is 26.6. The van der Waals surface area contributed by atoms with Crippen molar-refractivity contribution < 1.29 is 139 Å². The Morgan fingerprint density at radius 1 is 0.506 bits per heavy atom. The molecule has 9 rings (SSSR count). The Labute approximate surface area is 441 Å². The van der Waals surface area contributed by atoms with Crippen molar-refractivity contribution in [3.8, 4) is 0 Å². The summed E-state index contributed by atoms with van der Waals surface area (Å²) in [6, 6.07) is 0. The molecule has 0 aromatic carbocycles. The topological polar surface area (TPSA) is 453 Å². The van der Waals surface area contributed by atoms with Gasteiger partial charge in [0, 0.05) is 5.92 Å². The van der Waals surface area contributed by atoms with Gasteiger partial charge in [-0.3, -0.25) is 4.79 Å². The first-order valence-corrected chi connectivity index (χ1v) is 26.6. The summed E-state index contributed by atoms with van der Waals surface area (Å²) in [4.78, 5) is 14.9. The normalized spacial score (nSPS) is 54.1. The Morgan fingerprint density at radius 3 is 1.45 bits per heavy atom. The molecule has 0 amide bonds. The number of hydrogen-bond acceptors (Lipinski definition) is 28. The highest BCUT2D eigenvalue weighted by atomic mass is 16.8. The maximum Gasteiger partial charge on any atom is 0.314 e. The summed E-state index contributed by atoms with van der Waals surface area (Å²) in [5.41, 5.74) is -0.673. The van der Waals surface area contributed by atoms with Crippen molar-refractivity contribution in [2.24, 2.45) is 34.5 Å². The minimum absolute atomic E-state index is 0.160. The van der Waals surface area contributed by atoms with Crippen LogP contribution in [0.4, 0.5) is 0 Å². The lowest BCUT2D eigenvalue weighted by molar-refractivity contribution is -0.397. The second kappa shape index (κ2) is 23.8. The highest BCUT2D eigenvalue weighted by Gasteiger charge is 2.65. The van der Waals surface area contributed by atoms with Crippen LogP contribution >= 0.6 is 0 Å². The van der Waals surface area contributed by atoms with Crippen molar-refractivity contribution in [2.75, 3.05) is 33.0 Å². The van der Waals surface area contributed by atoms with Crippen LogP contribution in [0.15, 0.2) is 12.2 Å².